The Bertz CT molecular complexity index is 373. The fourth-order valence-corrected chi connectivity index (χ4v) is 2.98. The Balaban J connectivity index is 3.11. The molecule has 0 aliphatic carbocycles. The van der Waals surface area contributed by atoms with Crippen molar-refractivity contribution < 1.29 is 0 Å². The molecule has 0 aliphatic rings. The lowest BCUT2D eigenvalue weighted by molar-refractivity contribution is 0.671. The lowest BCUT2D eigenvalue weighted by Gasteiger charge is -2.17. The fraction of sp³-hybridized carbons (Fsp3) is 0.800. The molecule has 1 heterocycles. The molecule has 2 nitrogen and oxygen atoms in total. The van der Waals surface area contributed by atoms with Crippen molar-refractivity contribution >= 4 is 0 Å². The van der Waals surface area contributed by atoms with E-state index in [1.807, 2.05) is 0 Å². The average molecular weight is 305 g/mol. The molecule has 0 unspecified atom stereocenters. The predicted molar refractivity (Wildman–Crippen MR) is 96.5 cm³/mol. The van der Waals surface area contributed by atoms with E-state index < -0.39 is 0 Å². The highest BCUT2D eigenvalue weighted by Gasteiger charge is 2.15. The molecule has 126 valence electrons. The summed E-state index contributed by atoms with van der Waals surface area (Å²) in [4.78, 5) is 0. The predicted octanol–water partition coefficient (Wildman–Crippen LogP) is 5.85. The minimum Gasteiger partial charge on any atom is -0.155 e. The number of nitrogens with zero attached hydrogens (tertiary/aromatic N) is 2. The summed E-state index contributed by atoms with van der Waals surface area (Å²) in [6, 6.07) is 0. The van der Waals surface area contributed by atoms with Crippen LogP contribution in [0, 0.1) is 0 Å². The third kappa shape index (κ3) is 6.06. The van der Waals surface area contributed by atoms with Crippen LogP contribution in [0.3, 0.4) is 0 Å². The topological polar surface area (TPSA) is 25.8 Å². The van der Waals surface area contributed by atoms with Gasteiger partial charge in [0.15, 0.2) is 0 Å². The molecule has 1 aromatic rings. The molecular weight excluding hydrogens is 268 g/mol. The van der Waals surface area contributed by atoms with Gasteiger partial charge in [-0.2, -0.15) is 10.2 Å². The van der Waals surface area contributed by atoms with Gasteiger partial charge < -0.3 is 0 Å². The Morgan fingerprint density at radius 1 is 0.500 bits per heavy atom. The molecule has 0 N–H and O–H groups in total. The van der Waals surface area contributed by atoms with Crippen molar-refractivity contribution in [3.63, 3.8) is 0 Å². The molecule has 0 radical (unpaired) electrons. The number of aromatic nitrogens is 2. The summed E-state index contributed by atoms with van der Waals surface area (Å²) in [7, 11) is 0. The summed E-state index contributed by atoms with van der Waals surface area (Å²) >= 11 is 0. The molecule has 0 aliphatic heterocycles. The third-order valence-corrected chi connectivity index (χ3v) is 4.45. The van der Waals surface area contributed by atoms with Crippen LogP contribution in [0.1, 0.15) is 102 Å². The van der Waals surface area contributed by atoms with Crippen LogP contribution in [-0.4, -0.2) is 10.2 Å². The second-order valence-electron chi connectivity index (χ2n) is 6.46. The molecule has 22 heavy (non-hydrogen) atoms. The van der Waals surface area contributed by atoms with Crippen LogP contribution in [0.15, 0.2) is 0 Å². The molecule has 0 spiro atoms. The zero-order valence-electron chi connectivity index (χ0n) is 15.4. The van der Waals surface area contributed by atoms with E-state index in [1.54, 1.807) is 11.1 Å². The van der Waals surface area contributed by atoms with E-state index in [4.69, 9.17) is 0 Å². The average Bonchev–Trinajstić information content (AvgIpc) is 2.55. The highest BCUT2D eigenvalue weighted by molar-refractivity contribution is 5.34. The summed E-state index contributed by atoms with van der Waals surface area (Å²) in [5, 5.41) is 9.28. The first-order chi connectivity index (χ1) is 10.8. The first-order valence-electron chi connectivity index (χ1n) is 9.64. The minimum atomic E-state index is 1.11. The van der Waals surface area contributed by atoms with Crippen molar-refractivity contribution in [2.75, 3.05) is 0 Å². The second kappa shape index (κ2) is 11.6. The van der Waals surface area contributed by atoms with Crippen LogP contribution < -0.4 is 0 Å². The van der Waals surface area contributed by atoms with Gasteiger partial charge in [-0.1, -0.05) is 53.4 Å². The maximum absolute atomic E-state index is 4.64. The summed E-state index contributed by atoms with van der Waals surface area (Å²) < 4.78 is 0. The highest BCUT2D eigenvalue weighted by Crippen LogP contribution is 2.23. The Morgan fingerprint density at radius 3 is 1.14 bits per heavy atom. The maximum Gasteiger partial charge on any atom is 0.0665 e. The maximum atomic E-state index is 4.64. The Labute approximate surface area is 138 Å². The minimum absolute atomic E-state index is 1.11. The smallest absolute Gasteiger partial charge is 0.0665 e. The van der Waals surface area contributed by atoms with E-state index >= 15 is 0 Å². The van der Waals surface area contributed by atoms with Crippen LogP contribution >= 0.6 is 0 Å². The van der Waals surface area contributed by atoms with Crippen LogP contribution in [0.5, 0.6) is 0 Å². The number of unbranched alkanes of at least 4 members (excludes halogenated alkanes) is 4. The zero-order valence-corrected chi connectivity index (χ0v) is 15.4. The van der Waals surface area contributed by atoms with Gasteiger partial charge in [-0.25, -0.2) is 0 Å². The quantitative estimate of drug-likeness (QED) is 0.484. The lowest BCUT2D eigenvalue weighted by Crippen LogP contribution is -2.11. The van der Waals surface area contributed by atoms with Crippen molar-refractivity contribution in [3.8, 4) is 0 Å². The lowest BCUT2D eigenvalue weighted by atomic mass is 9.92. The summed E-state index contributed by atoms with van der Waals surface area (Å²) in [6.45, 7) is 9.08. The Morgan fingerprint density at radius 2 is 0.818 bits per heavy atom. The van der Waals surface area contributed by atoms with Gasteiger partial charge in [0.1, 0.15) is 0 Å². The van der Waals surface area contributed by atoms with Gasteiger partial charge >= 0.3 is 0 Å². The monoisotopic (exact) mass is 304 g/mol. The molecule has 0 saturated heterocycles. The highest BCUT2D eigenvalue weighted by atomic mass is 15.1. The number of hydrogen-bond acceptors (Lipinski definition) is 2. The van der Waals surface area contributed by atoms with Crippen LogP contribution in [0.4, 0.5) is 0 Å². The standard InChI is InChI=1S/C20H36N2/c1-5-9-13-17-18(14-10-6-2)20(16-12-8-4)22-21-19(17)15-11-7-3/h5-16H2,1-4H3. The van der Waals surface area contributed by atoms with E-state index in [0.29, 0.717) is 0 Å². The zero-order chi connectivity index (χ0) is 16.2. The Hall–Kier alpha value is -0.920. The van der Waals surface area contributed by atoms with Gasteiger partial charge in [0.05, 0.1) is 11.4 Å². The van der Waals surface area contributed by atoms with E-state index in [-0.39, 0.29) is 0 Å². The Kier molecular flexibility index (Phi) is 10.1. The molecule has 0 bridgehead atoms. The van der Waals surface area contributed by atoms with Crippen molar-refractivity contribution in [3.05, 3.63) is 22.5 Å². The van der Waals surface area contributed by atoms with Crippen molar-refractivity contribution in [2.24, 2.45) is 0 Å². The van der Waals surface area contributed by atoms with Gasteiger partial charge in [-0.15, -0.1) is 0 Å². The second-order valence-corrected chi connectivity index (χ2v) is 6.46. The van der Waals surface area contributed by atoms with E-state index in [9.17, 15) is 0 Å². The van der Waals surface area contributed by atoms with E-state index in [2.05, 4.69) is 37.9 Å². The van der Waals surface area contributed by atoms with Gasteiger partial charge in [0.25, 0.3) is 0 Å². The molecule has 0 atom stereocenters. The van der Waals surface area contributed by atoms with E-state index in [1.165, 1.54) is 75.6 Å². The molecule has 0 saturated carbocycles. The molecule has 0 fully saturated rings. The van der Waals surface area contributed by atoms with Crippen molar-refractivity contribution in [1.29, 1.82) is 0 Å². The van der Waals surface area contributed by atoms with Gasteiger partial charge in [-0.05, 0) is 62.5 Å². The molecule has 1 rings (SSSR count). The van der Waals surface area contributed by atoms with Gasteiger partial charge in [0, 0.05) is 0 Å². The van der Waals surface area contributed by atoms with Crippen LogP contribution in [0.25, 0.3) is 0 Å². The van der Waals surface area contributed by atoms with Crippen molar-refractivity contribution in [2.45, 2.75) is 105 Å². The van der Waals surface area contributed by atoms with Crippen molar-refractivity contribution in [1.82, 2.24) is 10.2 Å². The van der Waals surface area contributed by atoms with E-state index in [0.717, 1.165) is 12.8 Å². The first-order valence-corrected chi connectivity index (χ1v) is 9.64. The summed E-state index contributed by atoms with van der Waals surface area (Å²) in [5.74, 6) is 0. The van der Waals surface area contributed by atoms with Gasteiger partial charge in [0.2, 0.25) is 0 Å². The molecule has 1 aromatic heterocycles. The largest absolute Gasteiger partial charge is 0.155 e. The number of aryl methyl sites for hydroxylation is 2. The first kappa shape index (κ1) is 19.1. The van der Waals surface area contributed by atoms with Gasteiger partial charge in [-0.3, -0.25) is 0 Å². The fourth-order valence-electron chi connectivity index (χ4n) is 2.98. The molecule has 0 aromatic carbocycles. The summed E-state index contributed by atoms with van der Waals surface area (Å²) in [6.07, 6.45) is 14.6. The number of hydrogen-bond donors (Lipinski definition) is 0. The SMILES string of the molecule is CCCCc1nnc(CCCC)c(CCCC)c1CCCC. The normalized spacial score (nSPS) is 11.1. The number of rotatable bonds is 12. The van der Waals surface area contributed by atoms with Crippen LogP contribution in [-0.2, 0) is 25.7 Å². The summed E-state index contributed by atoms with van der Waals surface area (Å²) in [5.41, 5.74) is 5.71. The molecular formula is C20H36N2. The van der Waals surface area contributed by atoms with Crippen LogP contribution in [0.2, 0.25) is 0 Å². The molecule has 0 amide bonds. The third-order valence-electron chi connectivity index (χ3n) is 4.45. The molecule has 2 heteroatoms.